The summed E-state index contributed by atoms with van der Waals surface area (Å²) >= 11 is 0. The van der Waals surface area contributed by atoms with Crippen molar-refractivity contribution in [2.75, 3.05) is 64.7 Å². The summed E-state index contributed by atoms with van der Waals surface area (Å²) in [6, 6.07) is 5.93. The molecule has 1 unspecified atom stereocenters. The first-order valence-electron chi connectivity index (χ1n) is 11.0. The van der Waals surface area contributed by atoms with Crippen LogP contribution in [0.15, 0.2) is 18.2 Å². The van der Waals surface area contributed by atoms with Crippen LogP contribution in [0.25, 0.3) is 10.9 Å². The maximum Gasteiger partial charge on any atom is 0.359 e. The molecule has 162 valence electrons. The van der Waals surface area contributed by atoms with Crippen molar-refractivity contribution in [3.8, 4) is 5.75 Å². The molecule has 2 aliphatic heterocycles. The second-order valence-electron chi connectivity index (χ2n) is 7.92. The molecule has 0 saturated carbocycles. The van der Waals surface area contributed by atoms with Gasteiger partial charge in [0.05, 0.1) is 44.1 Å². The zero-order chi connectivity index (χ0) is 20.8. The molecule has 30 heavy (non-hydrogen) atoms. The van der Waals surface area contributed by atoms with Crippen LogP contribution in [0.4, 0.5) is 5.95 Å². The summed E-state index contributed by atoms with van der Waals surface area (Å²) < 4.78 is 11.0. The van der Waals surface area contributed by atoms with E-state index in [1.54, 1.807) is 4.90 Å². The predicted octanol–water partition coefficient (Wildman–Crippen LogP) is -3.11. The summed E-state index contributed by atoms with van der Waals surface area (Å²) in [5.74, 6) is 2.31. The van der Waals surface area contributed by atoms with Gasteiger partial charge in [0.1, 0.15) is 18.8 Å². The lowest BCUT2D eigenvalue weighted by atomic mass is 10.2. The van der Waals surface area contributed by atoms with Crippen molar-refractivity contribution in [2.24, 2.45) is 0 Å². The summed E-state index contributed by atoms with van der Waals surface area (Å²) in [5, 5.41) is 7.73. The highest BCUT2D eigenvalue weighted by atomic mass is 16.5. The summed E-state index contributed by atoms with van der Waals surface area (Å²) in [7, 11) is 0. The molecule has 3 heterocycles. The van der Waals surface area contributed by atoms with Gasteiger partial charge in [-0.05, 0) is 32.0 Å². The lowest BCUT2D eigenvalue weighted by Gasteiger charge is -2.25. The van der Waals surface area contributed by atoms with Crippen LogP contribution < -0.4 is 30.2 Å². The van der Waals surface area contributed by atoms with Gasteiger partial charge in [-0.15, -0.1) is 0 Å². The van der Waals surface area contributed by atoms with Gasteiger partial charge in [-0.1, -0.05) is 0 Å². The summed E-state index contributed by atoms with van der Waals surface area (Å²) in [6.07, 6.45) is 1.23. The van der Waals surface area contributed by atoms with E-state index in [1.165, 1.54) is 17.9 Å². The van der Waals surface area contributed by atoms with E-state index >= 15 is 0 Å². The maximum atomic E-state index is 5.59. The van der Waals surface area contributed by atoms with E-state index in [-0.39, 0.29) is 0 Å². The first kappa shape index (κ1) is 20.8. The minimum atomic E-state index is 0.596. The Labute approximate surface area is 177 Å². The highest BCUT2D eigenvalue weighted by Gasteiger charge is 2.22. The molecule has 1 aromatic heterocycles. The van der Waals surface area contributed by atoms with Crippen molar-refractivity contribution >= 4 is 22.8 Å². The third kappa shape index (κ3) is 5.35. The van der Waals surface area contributed by atoms with Gasteiger partial charge in [0.25, 0.3) is 5.95 Å². The second kappa shape index (κ2) is 10.0. The van der Waals surface area contributed by atoms with Crippen molar-refractivity contribution < 1.29 is 24.3 Å². The molecule has 0 aliphatic carbocycles. The molecular weight excluding hydrogens is 382 g/mol. The van der Waals surface area contributed by atoms with Crippen molar-refractivity contribution in [1.29, 1.82) is 0 Å². The Morgan fingerprint density at radius 2 is 2.03 bits per heavy atom. The summed E-state index contributed by atoms with van der Waals surface area (Å²) in [4.78, 5) is 15.9. The highest BCUT2D eigenvalue weighted by Crippen LogP contribution is 2.22. The molecule has 9 heteroatoms. The fourth-order valence-electron chi connectivity index (χ4n) is 4.00. The number of fused-ring (bicyclic) bond motifs is 1. The molecule has 4 rings (SSSR count). The molecule has 1 atom stereocenters. The number of aryl methyl sites for hydroxylation is 1. The Morgan fingerprint density at radius 3 is 2.80 bits per heavy atom. The van der Waals surface area contributed by atoms with Gasteiger partial charge >= 0.3 is 5.96 Å². The lowest BCUT2D eigenvalue weighted by molar-refractivity contribution is -0.984. The monoisotopic (exact) mass is 416 g/mol. The SMILES string of the molecule is CCOc1ccc2nc(NC3=[NH+]C[NH+](CCC[NH+]4CCOCC4)CN3)nc(C)c2c1. The zero-order valence-corrected chi connectivity index (χ0v) is 18.0. The van der Waals surface area contributed by atoms with Crippen LogP contribution in [0.1, 0.15) is 19.0 Å². The Balaban J connectivity index is 1.30. The molecule has 1 aromatic carbocycles. The normalized spacial score (nSPS) is 19.9. The first-order valence-corrected chi connectivity index (χ1v) is 11.0. The Morgan fingerprint density at radius 1 is 1.20 bits per heavy atom. The Kier molecular flexibility index (Phi) is 6.93. The minimum absolute atomic E-state index is 0.596. The van der Waals surface area contributed by atoms with Crippen molar-refractivity contribution in [2.45, 2.75) is 20.3 Å². The lowest BCUT2D eigenvalue weighted by Crippen LogP contribution is -3.24. The second-order valence-corrected chi connectivity index (χ2v) is 7.92. The van der Waals surface area contributed by atoms with E-state index in [9.17, 15) is 0 Å². The third-order valence-corrected chi connectivity index (χ3v) is 5.70. The number of hydrogen-bond donors (Lipinski definition) is 5. The number of hydrogen-bond acceptors (Lipinski definition) is 6. The number of nitrogens with zero attached hydrogens (tertiary/aromatic N) is 2. The number of nitrogens with one attached hydrogen (secondary N) is 5. The molecule has 2 aromatic rings. The van der Waals surface area contributed by atoms with Gasteiger partial charge in [0.15, 0.2) is 13.3 Å². The van der Waals surface area contributed by atoms with Gasteiger partial charge in [-0.25, -0.2) is 20.6 Å². The quantitative estimate of drug-likeness (QED) is 0.328. The topological polar surface area (TPSA) is 91.1 Å². The molecule has 0 radical (unpaired) electrons. The number of quaternary nitrogens is 2. The largest absolute Gasteiger partial charge is 0.494 e. The standard InChI is InChI=1S/C21H31N7O2/c1-3-30-17-5-6-19-18(13-17)16(2)24-21(25-19)26-20-22-14-28(15-23-20)8-4-7-27-9-11-29-12-10-27/h5-6,13H,3-4,7-12,14-15H2,1-2H3,(H2,22,23,24,25,26)/p+3. The average Bonchev–Trinajstić information content (AvgIpc) is 2.76. The van der Waals surface area contributed by atoms with Gasteiger partial charge in [0, 0.05) is 11.8 Å². The predicted molar refractivity (Wildman–Crippen MR) is 115 cm³/mol. The van der Waals surface area contributed by atoms with Crippen LogP contribution in [0.2, 0.25) is 0 Å². The molecule has 5 N–H and O–H groups in total. The molecule has 9 nitrogen and oxygen atoms in total. The van der Waals surface area contributed by atoms with Gasteiger partial charge in [-0.3, -0.25) is 4.90 Å². The van der Waals surface area contributed by atoms with E-state index in [0.717, 1.165) is 74.5 Å². The molecule has 1 saturated heterocycles. The van der Waals surface area contributed by atoms with E-state index in [4.69, 9.17) is 9.47 Å². The molecule has 1 fully saturated rings. The number of anilines is 1. The fourth-order valence-corrected chi connectivity index (χ4v) is 4.00. The number of ether oxygens (including phenoxy) is 2. The molecule has 0 spiro atoms. The fraction of sp³-hybridized carbons (Fsp3) is 0.571. The zero-order valence-electron chi connectivity index (χ0n) is 18.0. The molecule has 0 amide bonds. The van der Waals surface area contributed by atoms with Crippen LogP contribution in [0.3, 0.4) is 0 Å². The van der Waals surface area contributed by atoms with Gasteiger partial charge in [0.2, 0.25) is 0 Å². The van der Waals surface area contributed by atoms with Gasteiger partial charge < -0.3 is 14.4 Å². The molecular formula is C21H34N7O2+3. The summed E-state index contributed by atoms with van der Waals surface area (Å²) in [6.45, 7) is 12.9. The average molecular weight is 417 g/mol. The van der Waals surface area contributed by atoms with Gasteiger partial charge in [-0.2, -0.15) is 4.98 Å². The number of morpholine rings is 1. The molecule has 2 aliphatic rings. The van der Waals surface area contributed by atoms with Crippen LogP contribution in [0.5, 0.6) is 5.75 Å². The van der Waals surface area contributed by atoms with E-state index in [1.807, 2.05) is 32.0 Å². The Bertz CT molecular complexity index is 883. The highest BCUT2D eigenvalue weighted by molar-refractivity contribution is 5.89. The van der Waals surface area contributed by atoms with Crippen molar-refractivity contribution in [3.63, 3.8) is 0 Å². The third-order valence-electron chi connectivity index (χ3n) is 5.70. The Hall–Kier alpha value is -2.49. The number of aromatic nitrogens is 2. The van der Waals surface area contributed by atoms with Crippen LogP contribution in [-0.2, 0) is 4.74 Å². The minimum Gasteiger partial charge on any atom is -0.494 e. The van der Waals surface area contributed by atoms with Crippen LogP contribution in [-0.4, -0.2) is 75.3 Å². The van der Waals surface area contributed by atoms with E-state index < -0.39 is 0 Å². The number of rotatable bonds is 7. The molecule has 0 bridgehead atoms. The smallest absolute Gasteiger partial charge is 0.359 e. The number of benzene rings is 1. The van der Waals surface area contributed by atoms with Crippen LogP contribution >= 0.6 is 0 Å². The van der Waals surface area contributed by atoms with E-state index in [0.29, 0.717) is 12.6 Å². The van der Waals surface area contributed by atoms with Crippen molar-refractivity contribution in [1.82, 2.24) is 15.3 Å². The maximum absolute atomic E-state index is 5.59. The van der Waals surface area contributed by atoms with E-state index in [2.05, 4.69) is 25.6 Å². The first-order chi connectivity index (χ1) is 14.7. The van der Waals surface area contributed by atoms with Crippen molar-refractivity contribution in [3.05, 3.63) is 23.9 Å². The summed E-state index contributed by atoms with van der Waals surface area (Å²) in [5.41, 5.74) is 1.83. The number of guanidine groups is 1. The van der Waals surface area contributed by atoms with Crippen LogP contribution in [0, 0.1) is 6.92 Å².